The number of nitrogens with zero attached hydrogens (tertiary/aromatic N) is 2. The van der Waals surface area contributed by atoms with Gasteiger partial charge in [0.15, 0.2) is 0 Å². The van der Waals surface area contributed by atoms with E-state index in [0.717, 1.165) is 31.7 Å². The Balaban J connectivity index is 1.52. The average molecular weight is 640 g/mol. The second-order valence-electron chi connectivity index (χ2n) is 12.0. The number of benzene rings is 3. The van der Waals surface area contributed by atoms with Gasteiger partial charge in [0.1, 0.15) is 5.82 Å². The number of carbonyl (C=O) groups is 3. The van der Waals surface area contributed by atoms with Crippen LogP contribution in [0.15, 0.2) is 60.7 Å². The molecular formula is C35H37F4N3O4. The SMILES string of the molecule is COC(=O)N(c1ccc([C@H]2[C@@H](C(=O)Nc3ccc(C)c(C(F)(F)F)c3)CCCN2C(=O)c2c(C)cccc2F)cc1)C1CCCC1. The number of amides is 3. The molecule has 3 aromatic carbocycles. The van der Waals surface area contributed by atoms with Crippen LogP contribution in [0.2, 0.25) is 0 Å². The second-order valence-corrected chi connectivity index (χ2v) is 12.0. The first-order chi connectivity index (χ1) is 21.9. The van der Waals surface area contributed by atoms with Gasteiger partial charge in [0.25, 0.3) is 5.91 Å². The Labute approximate surface area is 265 Å². The Bertz CT molecular complexity index is 1580. The number of hydrogen-bond acceptors (Lipinski definition) is 4. The first-order valence-corrected chi connectivity index (χ1v) is 15.4. The molecule has 1 heterocycles. The van der Waals surface area contributed by atoms with Gasteiger partial charge < -0.3 is 15.0 Å². The third-order valence-electron chi connectivity index (χ3n) is 9.05. The number of nitrogens with one attached hydrogen (secondary N) is 1. The van der Waals surface area contributed by atoms with E-state index in [1.807, 2.05) is 0 Å². The van der Waals surface area contributed by atoms with Crippen molar-refractivity contribution in [1.29, 1.82) is 0 Å². The quantitative estimate of drug-likeness (QED) is 0.276. The lowest BCUT2D eigenvalue weighted by atomic mass is 9.83. The summed E-state index contributed by atoms with van der Waals surface area (Å²) in [4.78, 5) is 43.7. The van der Waals surface area contributed by atoms with Crippen LogP contribution in [-0.2, 0) is 15.7 Å². The molecule has 11 heteroatoms. The molecule has 0 unspecified atom stereocenters. The van der Waals surface area contributed by atoms with Crippen LogP contribution in [0.4, 0.5) is 33.7 Å². The third kappa shape index (κ3) is 6.73. The molecule has 2 atom stereocenters. The average Bonchev–Trinajstić information content (AvgIpc) is 3.55. The lowest BCUT2D eigenvalue weighted by Gasteiger charge is -2.41. The van der Waals surface area contributed by atoms with Crippen LogP contribution in [0, 0.1) is 25.6 Å². The van der Waals surface area contributed by atoms with Crippen molar-refractivity contribution in [2.45, 2.75) is 70.6 Å². The van der Waals surface area contributed by atoms with Gasteiger partial charge in [-0.05, 0) is 86.6 Å². The van der Waals surface area contributed by atoms with Gasteiger partial charge in [-0.15, -0.1) is 0 Å². The molecule has 0 spiro atoms. The zero-order chi connectivity index (χ0) is 33.2. The Morgan fingerprint density at radius 1 is 0.913 bits per heavy atom. The number of piperidine rings is 1. The molecule has 1 saturated heterocycles. The van der Waals surface area contributed by atoms with E-state index in [9.17, 15) is 27.6 Å². The number of likely N-dealkylation sites (tertiary alicyclic amines) is 1. The Morgan fingerprint density at radius 2 is 1.61 bits per heavy atom. The Kier molecular flexibility index (Phi) is 9.69. The summed E-state index contributed by atoms with van der Waals surface area (Å²) in [5, 5.41) is 2.64. The number of rotatable bonds is 6. The highest BCUT2D eigenvalue weighted by atomic mass is 19.4. The topological polar surface area (TPSA) is 79.0 Å². The van der Waals surface area contributed by atoms with Crippen LogP contribution >= 0.6 is 0 Å². The molecule has 0 radical (unpaired) electrons. The monoisotopic (exact) mass is 639 g/mol. The maximum Gasteiger partial charge on any atom is 0.416 e. The van der Waals surface area contributed by atoms with Crippen LogP contribution in [0.3, 0.4) is 0 Å². The molecule has 3 amide bonds. The fourth-order valence-corrected chi connectivity index (χ4v) is 6.76. The zero-order valence-corrected chi connectivity index (χ0v) is 26.0. The summed E-state index contributed by atoms with van der Waals surface area (Å²) in [6, 6.07) is 14.0. The molecule has 46 heavy (non-hydrogen) atoms. The molecule has 1 saturated carbocycles. The summed E-state index contributed by atoms with van der Waals surface area (Å²) in [6.45, 7) is 3.22. The Hall–Kier alpha value is -4.41. The van der Waals surface area contributed by atoms with E-state index in [1.165, 1.54) is 43.2 Å². The highest BCUT2D eigenvalue weighted by Crippen LogP contribution is 2.40. The summed E-state index contributed by atoms with van der Waals surface area (Å²) >= 11 is 0. The van der Waals surface area contributed by atoms with Gasteiger partial charge in [0.2, 0.25) is 5.91 Å². The van der Waals surface area contributed by atoms with Crippen molar-refractivity contribution in [2.75, 3.05) is 23.9 Å². The van der Waals surface area contributed by atoms with Gasteiger partial charge in [-0.1, -0.05) is 43.2 Å². The number of hydrogen-bond donors (Lipinski definition) is 1. The predicted octanol–water partition coefficient (Wildman–Crippen LogP) is 8.21. The lowest BCUT2D eigenvalue weighted by molar-refractivity contribution is -0.138. The summed E-state index contributed by atoms with van der Waals surface area (Å²) in [6.07, 6.45) is -0.671. The molecule has 0 bridgehead atoms. The van der Waals surface area contributed by atoms with E-state index in [2.05, 4.69) is 5.32 Å². The van der Waals surface area contributed by atoms with Crippen molar-refractivity contribution in [3.63, 3.8) is 0 Å². The van der Waals surface area contributed by atoms with Crippen LogP contribution in [0.5, 0.6) is 0 Å². The molecule has 2 fully saturated rings. The predicted molar refractivity (Wildman–Crippen MR) is 166 cm³/mol. The fraction of sp³-hybridized carbons (Fsp3) is 0.400. The van der Waals surface area contributed by atoms with Gasteiger partial charge in [-0.25, -0.2) is 9.18 Å². The van der Waals surface area contributed by atoms with Crippen LogP contribution in [-0.4, -0.2) is 42.5 Å². The molecule has 3 aromatic rings. The standard InChI is InChI=1S/C35H37F4N3O4/c1-21-13-16-24(20-28(21)35(37,38)39)40-32(43)27-11-7-19-41(33(44)30-22(2)8-6-12-29(30)36)31(27)23-14-17-26(18-15-23)42(34(45)46-3)25-9-4-5-10-25/h6,8,12-18,20,25,27,31H,4-5,7,9-11,19H2,1-3H3,(H,40,43)/t27-,31-/m0/s1. The van der Waals surface area contributed by atoms with E-state index in [-0.39, 0.29) is 29.4 Å². The number of carbonyl (C=O) groups excluding carboxylic acids is 3. The van der Waals surface area contributed by atoms with Gasteiger partial charge in [0, 0.05) is 24.0 Å². The molecule has 7 nitrogen and oxygen atoms in total. The molecular weight excluding hydrogens is 602 g/mol. The lowest BCUT2D eigenvalue weighted by Crippen LogP contribution is -2.47. The van der Waals surface area contributed by atoms with Gasteiger partial charge in [-0.2, -0.15) is 13.2 Å². The van der Waals surface area contributed by atoms with Crippen LogP contribution < -0.4 is 10.2 Å². The summed E-state index contributed by atoms with van der Waals surface area (Å²) < 4.78 is 60.9. The van der Waals surface area contributed by atoms with E-state index < -0.39 is 47.4 Å². The maximum absolute atomic E-state index is 15.0. The first-order valence-electron chi connectivity index (χ1n) is 15.4. The van der Waals surface area contributed by atoms with Crippen molar-refractivity contribution in [2.24, 2.45) is 5.92 Å². The van der Waals surface area contributed by atoms with Crippen LogP contribution in [0.1, 0.15) is 77.2 Å². The van der Waals surface area contributed by atoms with E-state index in [1.54, 1.807) is 42.2 Å². The van der Waals surface area contributed by atoms with Crippen molar-refractivity contribution in [3.05, 3.63) is 94.3 Å². The number of methoxy groups -OCH3 is 1. The molecule has 1 aliphatic carbocycles. The molecule has 1 aliphatic heterocycles. The normalized spacial score (nSPS) is 18.7. The summed E-state index contributed by atoms with van der Waals surface area (Å²) in [5.74, 6) is -2.69. The summed E-state index contributed by atoms with van der Waals surface area (Å²) in [5.41, 5.74) is 0.660. The third-order valence-corrected chi connectivity index (χ3v) is 9.05. The van der Waals surface area contributed by atoms with E-state index in [0.29, 0.717) is 29.7 Å². The van der Waals surface area contributed by atoms with E-state index in [4.69, 9.17) is 4.74 Å². The number of anilines is 2. The molecule has 5 rings (SSSR count). The van der Waals surface area contributed by atoms with E-state index >= 15 is 4.39 Å². The number of ether oxygens (including phenoxy) is 1. The maximum atomic E-state index is 15.0. The van der Waals surface area contributed by atoms with Crippen molar-refractivity contribution in [3.8, 4) is 0 Å². The molecule has 0 aromatic heterocycles. The fourth-order valence-electron chi connectivity index (χ4n) is 6.76. The van der Waals surface area contributed by atoms with Crippen LogP contribution in [0.25, 0.3) is 0 Å². The summed E-state index contributed by atoms with van der Waals surface area (Å²) in [7, 11) is 1.32. The number of alkyl halides is 3. The highest BCUT2D eigenvalue weighted by molar-refractivity contribution is 5.98. The first kappa shape index (κ1) is 33.0. The largest absolute Gasteiger partial charge is 0.452 e. The molecule has 2 aliphatic rings. The van der Waals surface area contributed by atoms with Crippen molar-refractivity contribution < 1.29 is 36.7 Å². The minimum atomic E-state index is -4.60. The number of halogens is 4. The number of aryl methyl sites for hydroxylation is 2. The minimum Gasteiger partial charge on any atom is -0.452 e. The Morgan fingerprint density at radius 3 is 2.24 bits per heavy atom. The van der Waals surface area contributed by atoms with Crippen molar-refractivity contribution >= 4 is 29.3 Å². The van der Waals surface area contributed by atoms with Gasteiger partial charge in [0.05, 0.1) is 30.2 Å². The smallest absolute Gasteiger partial charge is 0.416 e. The molecule has 1 N–H and O–H groups in total. The van der Waals surface area contributed by atoms with Gasteiger partial charge >= 0.3 is 12.3 Å². The van der Waals surface area contributed by atoms with Crippen molar-refractivity contribution in [1.82, 2.24) is 4.90 Å². The highest BCUT2D eigenvalue weighted by Gasteiger charge is 2.41. The second kappa shape index (κ2) is 13.5. The van der Waals surface area contributed by atoms with Gasteiger partial charge in [-0.3, -0.25) is 14.5 Å². The molecule has 244 valence electrons. The zero-order valence-electron chi connectivity index (χ0n) is 26.0. The minimum absolute atomic E-state index is 0.0179.